The summed E-state index contributed by atoms with van der Waals surface area (Å²) in [4.78, 5) is 26.6. The Labute approximate surface area is 134 Å². The molecule has 1 fully saturated rings. The number of nitrogens with zero attached hydrogens (tertiary/aromatic N) is 1. The van der Waals surface area contributed by atoms with Crippen LogP contribution in [0.15, 0.2) is 33.5 Å². The number of benzene rings is 1. The van der Waals surface area contributed by atoms with E-state index in [2.05, 4.69) is 10.2 Å². The van der Waals surface area contributed by atoms with Gasteiger partial charge in [-0.15, -0.1) is 0 Å². The molecular formula is C17H20N2O4. The molecule has 0 bridgehead atoms. The van der Waals surface area contributed by atoms with Crippen LogP contribution in [-0.4, -0.2) is 50.2 Å². The van der Waals surface area contributed by atoms with Gasteiger partial charge in [0.1, 0.15) is 5.58 Å². The van der Waals surface area contributed by atoms with Gasteiger partial charge in [-0.1, -0.05) is 12.1 Å². The molecule has 0 aliphatic carbocycles. The number of nitrogens with one attached hydrogen (secondary N) is 1. The van der Waals surface area contributed by atoms with Gasteiger partial charge in [0, 0.05) is 32.2 Å². The standard InChI is InChI=1S/C17H20N2O4/c1-12-3-2-4-14-16(12)13(20)11-15(23-14)17(21)18-5-6-19-7-9-22-10-8-19/h2-4,11H,5-10H2,1H3,(H,18,21). The summed E-state index contributed by atoms with van der Waals surface area (Å²) in [5, 5.41) is 3.32. The predicted octanol–water partition coefficient (Wildman–Crippen LogP) is 1.16. The van der Waals surface area contributed by atoms with E-state index in [1.165, 1.54) is 6.07 Å². The molecule has 1 aliphatic heterocycles. The van der Waals surface area contributed by atoms with Crippen molar-refractivity contribution in [2.45, 2.75) is 6.92 Å². The van der Waals surface area contributed by atoms with E-state index >= 15 is 0 Å². The van der Waals surface area contributed by atoms with Gasteiger partial charge in [0.25, 0.3) is 5.91 Å². The highest BCUT2D eigenvalue weighted by molar-refractivity contribution is 5.93. The average molecular weight is 316 g/mol. The van der Waals surface area contributed by atoms with Crippen LogP contribution in [0.2, 0.25) is 0 Å². The zero-order valence-electron chi connectivity index (χ0n) is 13.1. The Balaban J connectivity index is 1.67. The number of amides is 1. The van der Waals surface area contributed by atoms with Crippen molar-refractivity contribution in [1.29, 1.82) is 0 Å². The Morgan fingerprint density at radius 2 is 2.09 bits per heavy atom. The third kappa shape index (κ3) is 3.60. The molecule has 6 nitrogen and oxygen atoms in total. The molecule has 1 saturated heterocycles. The summed E-state index contributed by atoms with van der Waals surface area (Å²) in [6.45, 7) is 6.32. The third-order valence-electron chi connectivity index (χ3n) is 4.00. The molecule has 122 valence electrons. The minimum Gasteiger partial charge on any atom is -0.451 e. The van der Waals surface area contributed by atoms with Crippen LogP contribution >= 0.6 is 0 Å². The van der Waals surface area contributed by atoms with Crippen molar-refractivity contribution in [1.82, 2.24) is 10.2 Å². The number of rotatable bonds is 4. The van der Waals surface area contributed by atoms with Crippen LogP contribution in [0.3, 0.4) is 0 Å². The van der Waals surface area contributed by atoms with Gasteiger partial charge >= 0.3 is 0 Å². The van der Waals surface area contributed by atoms with Gasteiger partial charge in [0.05, 0.1) is 18.6 Å². The largest absolute Gasteiger partial charge is 0.451 e. The van der Waals surface area contributed by atoms with Crippen molar-refractivity contribution in [2.75, 3.05) is 39.4 Å². The van der Waals surface area contributed by atoms with E-state index in [4.69, 9.17) is 9.15 Å². The molecule has 0 spiro atoms. The van der Waals surface area contributed by atoms with Crippen LogP contribution in [0.4, 0.5) is 0 Å². The van der Waals surface area contributed by atoms with Gasteiger partial charge in [0.15, 0.2) is 11.2 Å². The second-order valence-corrected chi connectivity index (χ2v) is 5.63. The summed E-state index contributed by atoms with van der Waals surface area (Å²) in [7, 11) is 0. The van der Waals surface area contributed by atoms with Crippen LogP contribution in [0.1, 0.15) is 16.1 Å². The molecule has 2 aromatic rings. The third-order valence-corrected chi connectivity index (χ3v) is 4.00. The molecular weight excluding hydrogens is 296 g/mol. The van der Waals surface area contributed by atoms with Crippen molar-refractivity contribution < 1.29 is 13.9 Å². The highest BCUT2D eigenvalue weighted by Gasteiger charge is 2.14. The molecule has 0 atom stereocenters. The zero-order chi connectivity index (χ0) is 16.2. The maximum atomic E-state index is 12.2. The Kier molecular flexibility index (Phi) is 4.73. The zero-order valence-corrected chi connectivity index (χ0v) is 13.1. The van der Waals surface area contributed by atoms with Crippen LogP contribution in [0.5, 0.6) is 0 Å². The summed E-state index contributed by atoms with van der Waals surface area (Å²) in [6, 6.07) is 6.62. The van der Waals surface area contributed by atoms with E-state index in [0.29, 0.717) is 17.5 Å². The summed E-state index contributed by atoms with van der Waals surface area (Å²) >= 11 is 0. The predicted molar refractivity (Wildman–Crippen MR) is 86.8 cm³/mol. The first kappa shape index (κ1) is 15.7. The Bertz CT molecular complexity index is 763. The van der Waals surface area contributed by atoms with E-state index in [9.17, 15) is 9.59 Å². The van der Waals surface area contributed by atoms with E-state index in [1.54, 1.807) is 12.1 Å². The monoisotopic (exact) mass is 316 g/mol. The molecule has 0 unspecified atom stereocenters. The van der Waals surface area contributed by atoms with Crippen molar-refractivity contribution in [3.05, 3.63) is 45.8 Å². The highest BCUT2D eigenvalue weighted by atomic mass is 16.5. The minimum atomic E-state index is -0.362. The lowest BCUT2D eigenvalue weighted by atomic mass is 10.1. The molecule has 1 amide bonds. The van der Waals surface area contributed by atoms with E-state index < -0.39 is 0 Å². The van der Waals surface area contributed by atoms with Gasteiger partial charge in [-0.25, -0.2) is 0 Å². The number of aryl methyl sites for hydroxylation is 1. The molecule has 23 heavy (non-hydrogen) atoms. The topological polar surface area (TPSA) is 71.8 Å². The van der Waals surface area contributed by atoms with Crippen molar-refractivity contribution in [2.24, 2.45) is 0 Å². The van der Waals surface area contributed by atoms with E-state index in [-0.39, 0.29) is 17.1 Å². The SMILES string of the molecule is Cc1cccc2oc(C(=O)NCCN3CCOCC3)cc(=O)c12. The number of carbonyl (C=O) groups excluding carboxylic acids is 1. The number of ether oxygens (including phenoxy) is 1. The fourth-order valence-corrected chi connectivity index (χ4v) is 2.73. The Morgan fingerprint density at radius 3 is 2.87 bits per heavy atom. The van der Waals surface area contributed by atoms with Crippen LogP contribution in [0.25, 0.3) is 11.0 Å². The van der Waals surface area contributed by atoms with Crippen molar-refractivity contribution in [3.63, 3.8) is 0 Å². The lowest BCUT2D eigenvalue weighted by molar-refractivity contribution is 0.0382. The summed E-state index contributed by atoms with van der Waals surface area (Å²) < 4.78 is 10.9. The Hall–Kier alpha value is -2.18. The normalized spacial score (nSPS) is 15.7. The first-order chi connectivity index (χ1) is 11.1. The van der Waals surface area contributed by atoms with Gasteiger partial charge in [-0.2, -0.15) is 0 Å². The van der Waals surface area contributed by atoms with Gasteiger partial charge in [0.2, 0.25) is 0 Å². The van der Waals surface area contributed by atoms with Crippen LogP contribution in [-0.2, 0) is 4.74 Å². The summed E-state index contributed by atoms with van der Waals surface area (Å²) in [5.41, 5.74) is 1.09. The number of hydrogen-bond acceptors (Lipinski definition) is 5. The van der Waals surface area contributed by atoms with Gasteiger partial charge in [-0.3, -0.25) is 14.5 Å². The van der Waals surface area contributed by atoms with Gasteiger partial charge < -0.3 is 14.5 Å². The molecule has 1 aromatic carbocycles. The van der Waals surface area contributed by atoms with Gasteiger partial charge in [-0.05, 0) is 18.6 Å². The molecule has 1 aliphatic rings. The van der Waals surface area contributed by atoms with E-state index in [0.717, 1.165) is 38.4 Å². The molecule has 2 heterocycles. The highest BCUT2D eigenvalue weighted by Crippen LogP contribution is 2.15. The summed E-state index contributed by atoms with van der Waals surface area (Å²) in [6.07, 6.45) is 0. The van der Waals surface area contributed by atoms with E-state index in [1.807, 2.05) is 13.0 Å². The Morgan fingerprint density at radius 1 is 1.30 bits per heavy atom. The van der Waals surface area contributed by atoms with Crippen LogP contribution in [0, 0.1) is 6.92 Å². The number of carbonyl (C=O) groups is 1. The summed E-state index contributed by atoms with van der Waals surface area (Å²) in [5.74, 6) is -0.311. The average Bonchev–Trinajstić information content (AvgIpc) is 2.55. The second kappa shape index (κ2) is 6.93. The number of morpholine rings is 1. The minimum absolute atomic E-state index is 0.0510. The number of fused-ring (bicyclic) bond motifs is 1. The smallest absolute Gasteiger partial charge is 0.287 e. The molecule has 0 saturated carbocycles. The second-order valence-electron chi connectivity index (χ2n) is 5.63. The quantitative estimate of drug-likeness (QED) is 0.916. The fourth-order valence-electron chi connectivity index (χ4n) is 2.73. The maximum absolute atomic E-state index is 12.2. The first-order valence-electron chi connectivity index (χ1n) is 7.77. The lowest BCUT2D eigenvalue weighted by Gasteiger charge is -2.26. The van der Waals surface area contributed by atoms with Crippen molar-refractivity contribution >= 4 is 16.9 Å². The maximum Gasteiger partial charge on any atom is 0.287 e. The number of hydrogen-bond donors (Lipinski definition) is 1. The molecule has 1 aromatic heterocycles. The van der Waals surface area contributed by atoms with Crippen molar-refractivity contribution in [3.8, 4) is 0 Å². The lowest BCUT2D eigenvalue weighted by Crippen LogP contribution is -2.41. The van der Waals surface area contributed by atoms with Crippen LogP contribution < -0.4 is 10.7 Å². The first-order valence-corrected chi connectivity index (χ1v) is 7.77. The fraction of sp³-hybridized carbons (Fsp3) is 0.412. The molecule has 6 heteroatoms. The molecule has 0 radical (unpaired) electrons. The molecule has 3 rings (SSSR count). The molecule has 1 N–H and O–H groups in total.